The molecule has 0 saturated carbocycles. The predicted molar refractivity (Wildman–Crippen MR) is 122 cm³/mol. The molecular weight excluding hydrogens is 474 g/mol. The summed E-state index contributed by atoms with van der Waals surface area (Å²) in [6.07, 6.45) is -0.518. The van der Waals surface area contributed by atoms with Crippen LogP contribution < -0.4 is 15.8 Å². The fourth-order valence-electron chi connectivity index (χ4n) is 3.22. The van der Waals surface area contributed by atoms with E-state index >= 15 is 0 Å². The van der Waals surface area contributed by atoms with Crippen molar-refractivity contribution < 1.29 is 30.8 Å². The second-order valence-corrected chi connectivity index (χ2v) is 9.53. The first-order chi connectivity index (χ1) is 15.9. The van der Waals surface area contributed by atoms with Crippen molar-refractivity contribution in [1.29, 1.82) is 0 Å². The Hall–Kier alpha value is -3.60. The van der Waals surface area contributed by atoms with Crippen LogP contribution in [0.25, 0.3) is 0 Å². The third-order valence-electron chi connectivity index (χ3n) is 5.04. The van der Waals surface area contributed by atoms with E-state index in [4.69, 9.17) is 5.73 Å². The molecule has 11 heteroatoms. The quantitative estimate of drug-likeness (QED) is 0.393. The molecule has 3 rings (SSSR count). The Morgan fingerprint density at radius 3 is 2.26 bits per heavy atom. The first kappa shape index (κ1) is 25.0. The molecule has 0 aliphatic heterocycles. The van der Waals surface area contributed by atoms with Crippen LogP contribution in [0.2, 0.25) is 0 Å². The molecule has 0 heterocycles. The lowest BCUT2D eigenvalue weighted by molar-refractivity contribution is 0.100. The summed E-state index contributed by atoms with van der Waals surface area (Å²) in [6, 6.07) is 8.70. The normalized spacial score (nSPS) is 11.4. The van der Waals surface area contributed by atoms with Gasteiger partial charge in [0.25, 0.3) is 5.91 Å². The maximum absolute atomic E-state index is 15.0. The van der Waals surface area contributed by atoms with E-state index in [-0.39, 0.29) is 22.7 Å². The molecule has 0 fully saturated rings. The van der Waals surface area contributed by atoms with E-state index < -0.39 is 62.4 Å². The van der Waals surface area contributed by atoms with Crippen molar-refractivity contribution in [1.82, 2.24) is 0 Å². The van der Waals surface area contributed by atoms with E-state index in [0.29, 0.717) is 5.56 Å². The number of amides is 1. The fraction of sp³-hybridized carbons (Fsp3) is 0.174. The molecule has 0 aliphatic rings. The molecule has 0 aromatic heterocycles. The highest BCUT2D eigenvalue weighted by Gasteiger charge is 2.24. The zero-order valence-electron chi connectivity index (χ0n) is 18.2. The molecule has 0 atom stereocenters. The molecule has 0 aliphatic carbocycles. The first-order valence-corrected chi connectivity index (χ1v) is 11.7. The Labute approximate surface area is 193 Å². The molecule has 3 aromatic carbocycles. The number of anilines is 3. The maximum Gasteiger partial charge on any atom is 0.250 e. The van der Waals surface area contributed by atoms with Crippen LogP contribution in [0.3, 0.4) is 0 Å². The fourth-order valence-corrected chi connectivity index (χ4v) is 3.86. The molecule has 34 heavy (non-hydrogen) atoms. The van der Waals surface area contributed by atoms with Gasteiger partial charge in [-0.05, 0) is 54.8 Å². The number of benzene rings is 3. The van der Waals surface area contributed by atoms with Gasteiger partial charge in [0.15, 0.2) is 17.5 Å². The van der Waals surface area contributed by atoms with Crippen molar-refractivity contribution in [2.75, 3.05) is 15.8 Å². The lowest BCUT2D eigenvalue weighted by Crippen LogP contribution is -2.17. The highest BCUT2D eigenvalue weighted by Crippen LogP contribution is 2.32. The van der Waals surface area contributed by atoms with E-state index in [2.05, 4.69) is 10.0 Å². The van der Waals surface area contributed by atoms with Crippen LogP contribution in [0.5, 0.6) is 0 Å². The van der Waals surface area contributed by atoms with Gasteiger partial charge in [0.2, 0.25) is 10.0 Å². The number of nitrogens with one attached hydrogen (secondary N) is 2. The van der Waals surface area contributed by atoms with Gasteiger partial charge >= 0.3 is 0 Å². The van der Waals surface area contributed by atoms with E-state index in [1.807, 2.05) is 0 Å². The Morgan fingerprint density at radius 1 is 0.941 bits per heavy atom. The Balaban J connectivity index is 2.04. The molecule has 0 spiro atoms. The van der Waals surface area contributed by atoms with Gasteiger partial charge in [0, 0.05) is 6.42 Å². The average molecular weight is 495 g/mol. The number of primary amides is 1. The lowest BCUT2D eigenvalue weighted by atomic mass is 9.99. The number of nitrogens with two attached hydrogens (primary N) is 1. The molecular formula is C23H21F4N3O3S. The highest BCUT2D eigenvalue weighted by atomic mass is 32.2. The summed E-state index contributed by atoms with van der Waals surface area (Å²) in [5.74, 6) is -6.07. The van der Waals surface area contributed by atoms with Crippen LogP contribution in [-0.4, -0.2) is 20.1 Å². The number of halogens is 4. The molecule has 0 unspecified atom stereocenters. The Morgan fingerprint density at radius 2 is 1.65 bits per heavy atom. The minimum Gasteiger partial charge on any atom is -0.366 e. The standard InChI is InChI=1S/C23H21F4N3O3S/c1-3-34(32,33)30-18-6-4-5-13(19(18)25)10-14-11-15(23(28)31)22(21(27)20(14)26)29-17-8-7-12(2)9-16(17)24/h4-9,11,29-30H,3,10H2,1-2H3,(H2,28,31). The minimum absolute atomic E-state index is 0.157. The van der Waals surface area contributed by atoms with Gasteiger partial charge in [-0.25, -0.2) is 26.0 Å². The third-order valence-corrected chi connectivity index (χ3v) is 6.33. The molecule has 4 N–H and O–H groups in total. The van der Waals surface area contributed by atoms with Crippen molar-refractivity contribution in [3.8, 4) is 0 Å². The van der Waals surface area contributed by atoms with Crippen LogP contribution >= 0.6 is 0 Å². The van der Waals surface area contributed by atoms with Crippen molar-refractivity contribution in [3.63, 3.8) is 0 Å². The number of sulfonamides is 1. The van der Waals surface area contributed by atoms with Gasteiger partial charge in [-0.3, -0.25) is 9.52 Å². The van der Waals surface area contributed by atoms with Crippen LogP contribution in [0.4, 0.5) is 34.6 Å². The summed E-state index contributed by atoms with van der Waals surface area (Å²) in [5, 5.41) is 2.36. The van der Waals surface area contributed by atoms with E-state index in [0.717, 1.165) is 12.1 Å². The predicted octanol–water partition coefficient (Wildman–Crippen LogP) is 4.75. The Kier molecular flexibility index (Phi) is 7.15. The summed E-state index contributed by atoms with van der Waals surface area (Å²) in [4.78, 5) is 12.0. The van der Waals surface area contributed by atoms with E-state index in [9.17, 15) is 30.8 Å². The number of carbonyl (C=O) groups excluding carboxylic acids is 1. The maximum atomic E-state index is 15.0. The molecule has 0 radical (unpaired) electrons. The summed E-state index contributed by atoms with van der Waals surface area (Å²) in [7, 11) is -3.78. The molecule has 0 saturated heterocycles. The number of aryl methyl sites for hydroxylation is 1. The van der Waals surface area contributed by atoms with Crippen molar-refractivity contribution in [2.24, 2.45) is 5.73 Å². The van der Waals surface area contributed by atoms with Crippen LogP contribution in [0.1, 0.15) is 34.0 Å². The van der Waals surface area contributed by atoms with Crippen molar-refractivity contribution in [2.45, 2.75) is 20.3 Å². The molecule has 6 nitrogen and oxygen atoms in total. The summed E-state index contributed by atoms with van der Waals surface area (Å²) in [5.41, 5.74) is 3.66. The summed E-state index contributed by atoms with van der Waals surface area (Å²) < 4.78 is 84.6. The molecule has 0 bridgehead atoms. The molecule has 180 valence electrons. The van der Waals surface area contributed by atoms with E-state index in [1.165, 1.54) is 37.3 Å². The van der Waals surface area contributed by atoms with Crippen LogP contribution in [-0.2, 0) is 16.4 Å². The second-order valence-electron chi connectivity index (χ2n) is 7.52. The third kappa shape index (κ3) is 5.30. The molecule has 3 aromatic rings. The number of hydrogen-bond donors (Lipinski definition) is 3. The van der Waals surface area contributed by atoms with Gasteiger partial charge in [-0.15, -0.1) is 0 Å². The van der Waals surface area contributed by atoms with Gasteiger partial charge < -0.3 is 11.1 Å². The number of rotatable bonds is 8. The first-order valence-electron chi connectivity index (χ1n) is 10.0. The highest BCUT2D eigenvalue weighted by molar-refractivity contribution is 7.92. The van der Waals surface area contributed by atoms with Crippen LogP contribution in [0.15, 0.2) is 42.5 Å². The number of hydrogen-bond acceptors (Lipinski definition) is 4. The minimum atomic E-state index is -3.78. The van der Waals surface area contributed by atoms with Gasteiger partial charge in [0.1, 0.15) is 5.82 Å². The van der Waals surface area contributed by atoms with Gasteiger partial charge in [0.05, 0.1) is 28.4 Å². The molecule has 1 amide bonds. The SMILES string of the molecule is CCS(=O)(=O)Nc1cccc(Cc2cc(C(N)=O)c(Nc3ccc(C)cc3F)c(F)c2F)c1F. The average Bonchev–Trinajstić information content (AvgIpc) is 2.77. The van der Waals surface area contributed by atoms with Gasteiger partial charge in [-0.2, -0.15) is 0 Å². The smallest absolute Gasteiger partial charge is 0.250 e. The van der Waals surface area contributed by atoms with Gasteiger partial charge in [-0.1, -0.05) is 18.2 Å². The monoisotopic (exact) mass is 495 g/mol. The zero-order valence-corrected chi connectivity index (χ0v) is 19.0. The van der Waals surface area contributed by atoms with Crippen molar-refractivity contribution >= 4 is 33.0 Å². The van der Waals surface area contributed by atoms with Crippen molar-refractivity contribution in [3.05, 3.63) is 88.0 Å². The summed E-state index contributed by atoms with van der Waals surface area (Å²) in [6.45, 7) is 3.00. The summed E-state index contributed by atoms with van der Waals surface area (Å²) >= 11 is 0. The Bertz CT molecular complexity index is 1380. The van der Waals surface area contributed by atoms with E-state index in [1.54, 1.807) is 6.92 Å². The largest absolute Gasteiger partial charge is 0.366 e. The topological polar surface area (TPSA) is 101 Å². The second kappa shape index (κ2) is 9.72. The number of carbonyl (C=O) groups is 1. The van der Waals surface area contributed by atoms with Crippen LogP contribution in [0, 0.1) is 30.2 Å². The zero-order chi connectivity index (χ0) is 25.2. The lowest BCUT2D eigenvalue weighted by Gasteiger charge is -2.16.